The van der Waals surface area contributed by atoms with Gasteiger partial charge in [-0.15, -0.1) is 0 Å². The summed E-state index contributed by atoms with van der Waals surface area (Å²) >= 11 is 0. The summed E-state index contributed by atoms with van der Waals surface area (Å²) in [6.45, 7) is 4.03. The van der Waals surface area contributed by atoms with Crippen molar-refractivity contribution in [2.75, 3.05) is 40.1 Å². The number of aliphatic hydroxyl groups is 1. The monoisotopic (exact) mass is 532 g/mol. The van der Waals surface area contributed by atoms with Crippen LogP contribution in [0.4, 0.5) is 4.39 Å². The maximum absolute atomic E-state index is 13.8. The number of hydrogen-bond acceptors (Lipinski definition) is 7. The van der Waals surface area contributed by atoms with Gasteiger partial charge in [-0.05, 0) is 78.6 Å². The molecule has 1 N–H and O–H groups in total. The van der Waals surface area contributed by atoms with Crippen molar-refractivity contribution in [3.05, 3.63) is 83.2 Å². The highest BCUT2D eigenvalue weighted by Gasteiger charge is 2.52. The van der Waals surface area contributed by atoms with Crippen LogP contribution in [0.15, 0.2) is 65.7 Å². The predicted molar refractivity (Wildman–Crippen MR) is 145 cm³/mol. The Morgan fingerprint density at radius 2 is 1.95 bits per heavy atom. The Hall–Kier alpha value is -3.69. The lowest BCUT2D eigenvalue weighted by Gasteiger charge is -2.55. The lowest BCUT2D eigenvalue weighted by Crippen LogP contribution is -2.63. The number of imidazole rings is 1. The van der Waals surface area contributed by atoms with Gasteiger partial charge in [0.1, 0.15) is 23.7 Å². The Morgan fingerprint density at radius 3 is 2.64 bits per heavy atom. The van der Waals surface area contributed by atoms with Gasteiger partial charge in [-0.25, -0.2) is 9.37 Å². The van der Waals surface area contributed by atoms with Crippen molar-refractivity contribution in [2.24, 2.45) is 10.6 Å². The van der Waals surface area contributed by atoms with E-state index in [9.17, 15) is 9.50 Å². The largest absolute Gasteiger partial charge is 0.495 e. The first-order valence-corrected chi connectivity index (χ1v) is 13.3. The summed E-state index contributed by atoms with van der Waals surface area (Å²) in [6, 6.07) is 12.4. The minimum Gasteiger partial charge on any atom is -0.495 e. The SMILES string of the molecule is COc1cc(/C=C2\CC3(CCOCC3)CN3C2=NOCC3(CO)c2ccc(F)cc2)ccc1-n1cnc(C)c1. The van der Waals surface area contributed by atoms with Crippen LogP contribution in [0.3, 0.4) is 0 Å². The molecule has 8 nitrogen and oxygen atoms in total. The molecule has 1 atom stereocenters. The second kappa shape index (κ2) is 10.1. The number of ether oxygens (including phenoxy) is 2. The standard InChI is InChI=1S/C30H33FN4O4/c1-21-16-34(20-32-21)26-8-3-22(14-27(26)37-2)13-23-15-29(9-11-38-12-10-29)17-35-28(23)33-39-19-30(35,18-36)24-4-6-25(31)7-5-24/h3-8,13-14,16,20,36H,9-12,15,17-19H2,1-2H3/b23-13+. The van der Waals surface area contributed by atoms with Gasteiger partial charge < -0.3 is 28.9 Å². The van der Waals surface area contributed by atoms with Gasteiger partial charge in [0.15, 0.2) is 5.84 Å². The molecule has 0 bridgehead atoms. The Morgan fingerprint density at radius 1 is 1.15 bits per heavy atom. The number of methoxy groups -OCH3 is 1. The van der Waals surface area contributed by atoms with Crippen molar-refractivity contribution in [1.82, 2.24) is 14.5 Å². The molecule has 1 aromatic heterocycles. The molecule has 3 aromatic rings. The summed E-state index contributed by atoms with van der Waals surface area (Å²) in [4.78, 5) is 12.3. The number of halogens is 1. The lowest BCUT2D eigenvalue weighted by molar-refractivity contribution is -0.0733. The first kappa shape index (κ1) is 25.6. The number of benzene rings is 2. The Labute approximate surface area is 227 Å². The van der Waals surface area contributed by atoms with E-state index in [1.165, 1.54) is 12.1 Å². The van der Waals surface area contributed by atoms with Gasteiger partial charge in [0.05, 0.1) is 31.4 Å². The number of rotatable bonds is 5. The van der Waals surface area contributed by atoms with Crippen LogP contribution >= 0.6 is 0 Å². The van der Waals surface area contributed by atoms with Crippen LogP contribution < -0.4 is 4.74 Å². The average molecular weight is 533 g/mol. The molecule has 2 saturated heterocycles. The number of piperidine rings is 1. The minimum absolute atomic E-state index is 0.0424. The molecule has 3 aliphatic heterocycles. The smallest absolute Gasteiger partial charge is 0.172 e. The van der Waals surface area contributed by atoms with Gasteiger partial charge in [-0.3, -0.25) is 0 Å². The molecule has 0 aliphatic carbocycles. The van der Waals surface area contributed by atoms with E-state index in [1.54, 1.807) is 25.6 Å². The maximum Gasteiger partial charge on any atom is 0.172 e. The molecule has 4 heterocycles. The summed E-state index contributed by atoms with van der Waals surface area (Å²) in [5, 5.41) is 15.4. The van der Waals surface area contributed by atoms with Gasteiger partial charge in [0, 0.05) is 26.0 Å². The molecular formula is C30H33FN4O4. The molecule has 1 unspecified atom stereocenters. The van der Waals surface area contributed by atoms with E-state index in [0.29, 0.717) is 25.6 Å². The predicted octanol–water partition coefficient (Wildman–Crippen LogP) is 4.45. The fraction of sp³-hybridized carbons (Fsp3) is 0.400. The average Bonchev–Trinajstić information content (AvgIpc) is 3.39. The Balaban J connectivity index is 1.43. The highest BCUT2D eigenvalue weighted by molar-refractivity contribution is 6.03. The minimum atomic E-state index is -0.879. The number of aromatic nitrogens is 2. The number of oxime groups is 1. The third-order valence-corrected chi connectivity index (χ3v) is 8.30. The van der Waals surface area contributed by atoms with E-state index in [4.69, 9.17) is 14.3 Å². The molecule has 3 aliphatic rings. The zero-order valence-corrected chi connectivity index (χ0v) is 22.3. The first-order valence-electron chi connectivity index (χ1n) is 13.3. The zero-order chi connectivity index (χ0) is 27.0. The number of fused-ring (bicyclic) bond motifs is 1. The topological polar surface area (TPSA) is 81.3 Å². The Bertz CT molecular complexity index is 1410. The second-order valence-corrected chi connectivity index (χ2v) is 10.8. The molecule has 2 aromatic carbocycles. The van der Waals surface area contributed by atoms with Gasteiger partial charge in [0.25, 0.3) is 0 Å². The van der Waals surface area contributed by atoms with E-state index >= 15 is 0 Å². The molecule has 1 spiro atoms. The molecule has 9 heteroatoms. The van der Waals surface area contributed by atoms with Crippen LogP contribution in [0.25, 0.3) is 11.8 Å². The number of amidine groups is 1. The van der Waals surface area contributed by atoms with Crippen LogP contribution in [-0.2, 0) is 15.1 Å². The van der Waals surface area contributed by atoms with Crippen LogP contribution in [0.1, 0.15) is 36.1 Å². The van der Waals surface area contributed by atoms with Crippen LogP contribution in [-0.4, -0.2) is 65.5 Å². The van der Waals surface area contributed by atoms with E-state index < -0.39 is 5.54 Å². The van der Waals surface area contributed by atoms with Gasteiger partial charge in [-0.1, -0.05) is 23.4 Å². The summed E-state index contributed by atoms with van der Waals surface area (Å²) in [5.41, 5.74) is 3.70. The van der Waals surface area contributed by atoms with Crippen molar-refractivity contribution in [3.8, 4) is 11.4 Å². The fourth-order valence-electron chi connectivity index (χ4n) is 6.09. The molecule has 2 fully saturated rings. The quantitative estimate of drug-likeness (QED) is 0.523. The second-order valence-electron chi connectivity index (χ2n) is 10.8. The van der Waals surface area contributed by atoms with Crippen LogP contribution in [0.2, 0.25) is 0 Å². The van der Waals surface area contributed by atoms with Crippen molar-refractivity contribution >= 4 is 11.9 Å². The molecule has 0 amide bonds. The fourth-order valence-corrected chi connectivity index (χ4v) is 6.09. The summed E-state index contributed by atoms with van der Waals surface area (Å²) < 4.78 is 27.3. The third-order valence-electron chi connectivity index (χ3n) is 8.30. The lowest BCUT2D eigenvalue weighted by atomic mass is 9.69. The first-order chi connectivity index (χ1) is 18.9. The molecule has 204 valence electrons. The molecule has 6 rings (SSSR count). The molecule has 0 saturated carbocycles. The van der Waals surface area contributed by atoms with Crippen LogP contribution in [0, 0.1) is 18.2 Å². The van der Waals surface area contributed by atoms with Crippen molar-refractivity contribution in [2.45, 2.75) is 31.7 Å². The third kappa shape index (κ3) is 4.59. The van der Waals surface area contributed by atoms with E-state index in [1.807, 2.05) is 29.8 Å². The number of aryl methyl sites for hydroxylation is 1. The molecule has 0 radical (unpaired) electrons. The van der Waals surface area contributed by atoms with Crippen LogP contribution in [0.5, 0.6) is 5.75 Å². The van der Waals surface area contributed by atoms with E-state index in [2.05, 4.69) is 27.2 Å². The highest BCUT2D eigenvalue weighted by atomic mass is 19.1. The highest BCUT2D eigenvalue weighted by Crippen LogP contribution is 2.48. The summed E-state index contributed by atoms with van der Waals surface area (Å²) in [5.74, 6) is 1.11. The number of hydrogen-bond donors (Lipinski definition) is 1. The Kier molecular flexibility index (Phi) is 6.64. The number of nitrogens with zero attached hydrogens (tertiary/aromatic N) is 4. The zero-order valence-electron chi connectivity index (χ0n) is 22.3. The van der Waals surface area contributed by atoms with E-state index in [0.717, 1.165) is 53.1 Å². The van der Waals surface area contributed by atoms with E-state index in [-0.39, 0.29) is 24.4 Å². The van der Waals surface area contributed by atoms with Gasteiger partial charge in [0.2, 0.25) is 0 Å². The normalized spacial score (nSPS) is 23.3. The van der Waals surface area contributed by atoms with Crippen molar-refractivity contribution in [1.29, 1.82) is 0 Å². The van der Waals surface area contributed by atoms with Gasteiger partial charge >= 0.3 is 0 Å². The number of aliphatic hydroxyl groups excluding tert-OH is 1. The van der Waals surface area contributed by atoms with Crippen molar-refractivity contribution < 1.29 is 23.8 Å². The molecule has 39 heavy (non-hydrogen) atoms. The summed E-state index contributed by atoms with van der Waals surface area (Å²) in [7, 11) is 1.66. The summed E-state index contributed by atoms with van der Waals surface area (Å²) in [6.07, 6.45) is 8.49. The van der Waals surface area contributed by atoms with Crippen molar-refractivity contribution in [3.63, 3.8) is 0 Å². The maximum atomic E-state index is 13.8. The van der Waals surface area contributed by atoms with Gasteiger partial charge in [-0.2, -0.15) is 0 Å². The molecular weight excluding hydrogens is 499 g/mol.